The lowest BCUT2D eigenvalue weighted by Crippen LogP contribution is -3.00. The van der Waals surface area contributed by atoms with E-state index < -0.39 is 0 Å². The number of hydrogen-bond acceptors (Lipinski definition) is 0. The topological polar surface area (TPSA) is 19.7 Å². The van der Waals surface area contributed by atoms with Crippen LogP contribution in [0.25, 0.3) is 32.6 Å². The number of benzene rings is 2. The Bertz CT molecular complexity index is 983. The van der Waals surface area contributed by atoms with Gasteiger partial charge in [-0.25, -0.2) is 4.57 Å². The van der Waals surface area contributed by atoms with Crippen molar-refractivity contribution in [3.63, 3.8) is 0 Å². The van der Waals surface area contributed by atoms with Gasteiger partial charge in [0.2, 0.25) is 0 Å². The third-order valence-electron chi connectivity index (χ3n) is 4.36. The Morgan fingerprint density at radius 3 is 2.48 bits per heavy atom. The van der Waals surface area contributed by atoms with E-state index in [0.29, 0.717) is 0 Å². The maximum absolute atomic E-state index is 3.59. The molecule has 0 amide bonds. The molecule has 0 unspecified atom stereocenters. The van der Waals surface area contributed by atoms with Gasteiger partial charge in [-0.15, -0.1) is 0 Å². The second-order valence-electron chi connectivity index (χ2n) is 5.61. The average molecular weight is 297 g/mol. The molecule has 0 saturated carbocycles. The van der Waals surface area contributed by atoms with E-state index in [1.54, 1.807) is 0 Å². The van der Waals surface area contributed by atoms with E-state index >= 15 is 0 Å². The number of nitrogens with one attached hydrogen (secondary N) is 1. The minimum absolute atomic E-state index is 0. The first-order valence-electron chi connectivity index (χ1n) is 6.95. The van der Waals surface area contributed by atoms with E-state index in [1.807, 2.05) is 0 Å². The molecule has 0 aliphatic carbocycles. The summed E-state index contributed by atoms with van der Waals surface area (Å²) in [5.74, 6) is 0. The lowest BCUT2D eigenvalue weighted by molar-refractivity contribution is -0.670. The molecule has 2 aromatic heterocycles. The fraction of sp³-hybridized carbons (Fsp3) is 0.167. The molecule has 106 valence electrons. The van der Waals surface area contributed by atoms with Crippen molar-refractivity contribution in [3.05, 3.63) is 53.9 Å². The highest BCUT2D eigenvalue weighted by Crippen LogP contribution is 2.35. The number of aryl methyl sites for hydroxylation is 3. The van der Waals surface area contributed by atoms with E-state index in [9.17, 15) is 0 Å². The molecule has 0 spiro atoms. The van der Waals surface area contributed by atoms with Crippen molar-refractivity contribution in [2.75, 3.05) is 0 Å². The standard InChI is InChI=1S/C18H16N2.ClH/c1-11-15-10-20(3)9-8-13(15)12(2)18-17(11)14-6-4-5-7-16(14)19-18;/h4-10H,1-3H3;1H. The Hall–Kier alpha value is -2.06. The maximum atomic E-state index is 3.59. The summed E-state index contributed by atoms with van der Waals surface area (Å²) < 4.78 is 2.12. The van der Waals surface area contributed by atoms with E-state index in [0.717, 1.165) is 0 Å². The molecule has 4 rings (SSSR count). The van der Waals surface area contributed by atoms with Crippen LogP contribution in [-0.4, -0.2) is 4.98 Å². The highest BCUT2D eigenvalue weighted by molar-refractivity contribution is 6.16. The molecule has 0 aliphatic heterocycles. The van der Waals surface area contributed by atoms with Gasteiger partial charge in [0.15, 0.2) is 12.4 Å². The molecule has 2 aromatic carbocycles. The van der Waals surface area contributed by atoms with Crippen molar-refractivity contribution < 1.29 is 17.0 Å². The quantitative estimate of drug-likeness (QED) is 0.466. The van der Waals surface area contributed by atoms with E-state index in [4.69, 9.17) is 0 Å². The van der Waals surface area contributed by atoms with Crippen molar-refractivity contribution in [2.45, 2.75) is 13.8 Å². The number of fused-ring (bicyclic) bond motifs is 4. The summed E-state index contributed by atoms with van der Waals surface area (Å²) >= 11 is 0. The molecular weight excluding hydrogens is 280 g/mol. The van der Waals surface area contributed by atoms with Crippen LogP contribution in [0.2, 0.25) is 0 Å². The average Bonchev–Trinajstić information content (AvgIpc) is 2.84. The van der Waals surface area contributed by atoms with Gasteiger partial charge in [0.25, 0.3) is 0 Å². The van der Waals surface area contributed by atoms with Gasteiger partial charge in [-0.2, -0.15) is 0 Å². The van der Waals surface area contributed by atoms with Crippen molar-refractivity contribution in [1.29, 1.82) is 0 Å². The highest BCUT2D eigenvalue weighted by Gasteiger charge is 2.15. The number of rotatable bonds is 0. The number of H-pyrrole nitrogens is 1. The van der Waals surface area contributed by atoms with Gasteiger partial charge in [-0.1, -0.05) is 18.2 Å². The highest BCUT2D eigenvalue weighted by atomic mass is 35.5. The number of pyridine rings is 1. The van der Waals surface area contributed by atoms with Crippen LogP contribution in [-0.2, 0) is 7.05 Å². The van der Waals surface area contributed by atoms with Crippen molar-refractivity contribution in [2.24, 2.45) is 7.05 Å². The Labute approximate surface area is 129 Å². The van der Waals surface area contributed by atoms with Gasteiger partial charge in [-0.05, 0) is 36.4 Å². The molecular formula is C18H17ClN2. The second-order valence-corrected chi connectivity index (χ2v) is 5.61. The van der Waals surface area contributed by atoms with Gasteiger partial charge in [0.05, 0.1) is 5.52 Å². The molecule has 0 atom stereocenters. The molecule has 0 bridgehead atoms. The Morgan fingerprint density at radius 1 is 0.905 bits per heavy atom. The summed E-state index contributed by atoms with van der Waals surface area (Å²) in [6, 6.07) is 10.8. The predicted octanol–water partition coefficient (Wildman–Crippen LogP) is 0.920. The number of halogens is 1. The normalized spacial score (nSPS) is 11.2. The van der Waals surface area contributed by atoms with Crippen molar-refractivity contribution in [1.82, 2.24) is 4.98 Å². The summed E-state index contributed by atoms with van der Waals surface area (Å²) in [5.41, 5.74) is 5.17. The van der Waals surface area contributed by atoms with Gasteiger partial charge in [-0.3, -0.25) is 0 Å². The SMILES string of the molecule is Cc1c2cc[n+](C)cc2c(C)c2c1[nH]c1ccccc12.[Cl-]. The molecule has 2 heterocycles. The number of nitrogens with zero attached hydrogens (tertiary/aromatic N) is 1. The van der Waals surface area contributed by atoms with Gasteiger partial charge in [0.1, 0.15) is 7.05 Å². The number of hydrogen-bond donors (Lipinski definition) is 1. The number of aromatic amines is 1. The lowest BCUT2D eigenvalue weighted by Gasteiger charge is -2.07. The van der Waals surface area contributed by atoms with Crippen LogP contribution in [0.5, 0.6) is 0 Å². The summed E-state index contributed by atoms with van der Waals surface area (Å²) in [6.45, 7) is 4.43. The summed E-state index contributed by atoms with van der Waals surface area (Å²) in [7, 11) is 2.08. The molecule has 0 radical (unpaired) electrons. The first-order valence-corrected chi connectivity index (χ1v) is 6.95. The Kier molecular flexibility index (Phi) is 3.14. The zero-order chi connectivity index (χ0) is 13.9. The Morgan fingerprint density at radius 2 is 1.67 bits per heavy atom. The van der Waals surface area contributed by atoms with Crippen LogP contribution < -0.4 is 17.0 Å². The van der Waals surface area contributed by atoms with Gasteiger partial charge < -0.3 is 17.4 Å². The lowest BCUT2D eigenvalue weighted by atomic mass is 9.97. The van der Waals surface area contributed by atoms with Crippen molar-refractivity contribution in [3.8, 4) is 0 Å². The molecule has 0 saturated heterocycles. The van der Waals surface area contributed by atoms with Gasteiger partial charge >= 0.3 is 0 Å². The van der Waals surface area contributed by atoms with Crippen LogP contribution in [0, 0.1) is 13.8 Å². The number of para-hydroxylation sites is 1. The zero-order valence-corrected chi connectivity index (χ0v) is 13.1. The molecule has 21 heavy (non-hydrogen) atoms. The van der Waals surface area contributed by atoms with Crippen LogP contribution in [0.3, 0.4) is 0 Å². The van der Waals surface area contributed by atoms with Crippen LogP contribution >= 0.6 is 0 Å². The number of aromatic nitrogens is 2. The third kappa shape index (κ3) is 1.83. The fourth-order valence-electron chi connectivity index (χ4n) is 3.31. The van der Waals surface area contributed by atoms with Crippen LogP contribution in [0.4, 0.5) is 0 Å². The first kappa shape index (κ1) is 13.9. The minimum atomic E-state index is 0. The van der Waals surface area contributed by atoms with E-state index in [-0.39, 0.29) is 12.4 Å². The zero-order valence-electron chi connectivity index (χ0n) is 12.4. The third-order valence-corrected chi connectivity index (χ3v) is 4.36. The molecule has 1 N–H and O–H groups in total. The molecule has 0 aliphatic rings. The van der Waals surface area contributed by atoms with Crippen LogP contribution in [0.15, 0.2) is 42.7 Å². The first-order chi connectivity index (χ1) is 9.66. The summed E-state index contributed by atoms with van der Waals surface area (Å²) in [4.78, 5) is 3.59. The second kappa shape index (κ2) is 4.74. The summed E-state index contributed by atoms with van der Waals surface area (Å²) in [5, 5.41) is 5.35. The Balaban J connectivity index is 0.00000132. The fourth-order valence-corrected chi connectivity index (χ4v) is 3.31. The van der Waals surface area contributed by atoms with E-state index in [1.165, 1.54) is 43.7 Å². The molecule has 2 nitrogen and oxygen atoms in total. The summed E-state index contributed by atoms with van der Waals surface area (Å²) in [6.07, 6.45) is 4.34. The van der Waals surface area contributed by atoms with E-state index in [2.05, 4.69) is 73.2 Å². The molecule has 3 heteroatoms. The predicted molar refractivity (Wildman–Crippen MR) is 84.0 cm³/mol. The van der Waals surface area contributed by atoms with Crippen LogP contribution in [0.1, 0.15) is 11.1 Å². The van der Waals surface area contributed by atoms with Crippen molar-refractivity contribution >= 4 is 32.6 Å². The molecule has 0 fully saturated rings. The monoisotopic (exact) mass is 296 g/mol. The maximum Gasteiger partial charge on any atom is 0.176 e. The smallest absolute Gasteiger partial charge is 0.176 e. The minimum Gasteiger partial charge on any atom is -1.00 e. The van der Waals surface area contributed by atoms with Gasteiger partial charge in [0, 0.05) is 27.7 Å². The molecule has 4 aromatic rings. The largest absolute Gasteiger partial charge is 1.00 e.